The molecule has 0 heterocycles. The second-order valence-corrected chi connectivity index (χ2v) is 4.09. The molecule has 0 saturated carbocycles. The summed E-state index contributed by atoms with van der Waals surface area (Å²) < 4.78 is 0. The summed E-state index contributed by atoms with van der Waals surface area (Å²) in [6, 6.07) is 4.90. The lowest BCUT2D eigenvalue weighted by atomic mass is 10.1. The van der Waals surface area contributed by atoms with Crippen LogP contribution in [0.25, 0.3) is 0 Å². The zero-order valence-electron chi connectivity index (χ0n) is 8.26. The van der Waals surface area contributed by atoms with Gasteiger partial charge in [0, 0.05) is 17.5 Å². The summed E-state index contributed by atoms with van der Waals surface area (Å²) in [6.45, 7) is 2.05. The van der Waals surface area contributed by atoms with E-state index in [1.165, 1.54) is 0 Å². The van der Waals surface area contributed by atoms with E-state index in [1.54, 1.807) is 25.1 Å². The minimum atomic E-state index is -0.239. The van der Waals surface area contributed by atoms with Crippen LogP contribution < -0.4 is 11.1 Å². The molecule has 0 fully saturated rings. The van der Waals surface area contributed by atoms with Crippen LogP contribution in [0.3, 0.4) is 0 Å². The minimum Gasteiger partial charge on any atom is -0.330 e. The molecule has 1 unspecified atom stereocenters. The van der Waals surface area contributed by atoms with Crippen molar-refractivity contribution in [1.82, 2.24) is 0 Å². The Hall–Kier alpha value is -0.770. The molecule has 3 nitrogen and oxygen atoms in total. The van der Waals surface area contributed by atoms with Gasteiger partial charge in [-0.3, -0.25) is 4.79 Å². The lowest BCUT2D eigenvalue weighted by Gasteiger charge is -2.11. The summed E-state index contributed by atoms with van der Waals surface area (Å²) in [7, 11) is 0. The van der Waals surface area contributed by atoms with Gasteiger partial charge in [0.2, 0.25) is 5.91 Å². The topological polar surface area (TPSA) is 55.1 Å². The van der Waals surface area contributed by atoms with E-state index in [-0.39, 0.29) is 11.8 Å². The molecule has 82 valence electrons. The number of hydrogen-bond donors (Lipinski definition) is 2. The average Bonchev–Trinajstić information content (AvgIpc) is 2.20. The number of halogens is 2. The molecule has 0 aliphatic carbocycles. The highest BCUT2D eigenvalue weighted by Crippen LogP contribution is 2.25. The average molecular weight is 247 g/mol. The molecule has 0 aliphatic heterocycles. The third-order valence-corrected chi connectivity index (χ3v) is 2.54. The summed E-state index contributed by atoms with van der Waals surface area (Å²) in [6.07, 6.45) is 0. The highest BCUT2D eigenvalue weighted by atomic mass is 35.5. The number of amides is 1. The fourth-order valence-corrected chi connectivity index (χ4v) is 1.41. The van der Waals surface area contributed by atoms with E-state index >= 15 is 0 Å². The number of hydrogen-bond acceptors (Lipinski definition) is 2. The first-order valence-electron chi connectivity index (χ1n) is 4.50. The molecule has 0 bridgehead atoms. The van der Waals surface area contributed by atoms with Crippen molar-refractivity contribution in [3.05, 3.63) is 28.2 Å². The van der Waals surface area contributed by atoms with E-state index in [1.807, 2.05) is 0 Å². The van der Waals surface area contributed by atoms with Crippen molar-refractivity contribution >= 4 is 34.8 Å². The molecule has 3 N–H and O–H groups in total. The molecule has 0 aromatic heterocycles. The first-order valence-corrected chi connectivity index (χ1v) is 5.26. The predicted molar refractivity (Wildman–Crippen MR) is 63.3 cm³/mol. The van der Waals surface area contributed by atoms with Crippen molar-refractivity contribution in [2.24, 2.45) is 11.7 Å². The van der Waals surface area contributed by atoms with Crippen LogP contribution in [-0.2, 0) is 4.79 Å². The molecule has 0 aliphatic rings. The van der Waals surface area contributed by atoms with Crippen LogP contribution in [0.15, 0.2) is 18.2 Å². The van der Waals surface area contributed by atoms with Gasteiger partial charge in [-0.1, -0.05) is 30.1 Å². The van der Waals surface area contributed by atoms with Gasteiger partial charge < -0.3 is 11.1 Å². The van der Waals surface area contributed by atoms with Gasteiger partial charge in [0.05, 0.1) is 10.7 Å². The van der Waals surface area contributed by atoms with Gasteiger partial charge in [-0.15, -0.1) is 0 Å². The maximum Gasteiger partial charge on any atom is 0.228 e. The summed E-state index contributed by atoms with van der Waals surface area (Å²) in [5.41, 5.74) is 5.92. The monoisotopic (exact) mass is 246 g/mol. The normalized spacial score (nSPS) is 12.3. The van der Waals surface area contributed by atoms with E-state index in [4.69, 9.17) is 28.9 Å². The summed E-state index contributed by atoms with van der Waals surface area (Å²) in [4.78, 5) is 11.5. The third-order valence-electron chi connectivity index (χ3n) is 1.99. The molecule has 1 aromatic carbocycles. The largest absolute Gasteiger partial charge is 0.330 e. The van der Waals surface area contributed by atoms with Crippen LogP contribution in [0.1, 0.15) is 6.92 Å². The zero-order valence-corrected chi connectivity index (χ0v) is 9.77. The number of carbonyl (C=O) groups excluding carboxylic acids is 1. The molecule has 5 heteroatoms. The Morgan fingerprint density at radius 1 is 1.53 bits per heavy atom. The van der Waals surface area contributed by atoms with Crippen molar-refractivity contribution in [2.45, 2.75) is 6.92 Å². The van der Waals surface area contributed by atoms with Crippen molar-refractivity contribution < 1.29 is 4.79 Å². The lowest BCUT2D eigenvalue weighted by Crippen LogP contribution is -2.26. The molecule has 1 amide bonds. The van der Waals surface area contributed by atoms with E-state index < -0.39 is 0 Å². The number of nitrogens with one attached hydrogen (secondary N) is 1. The maximum atomic E-state index is 11.5. The van der Waals surface area contributed by atoms with Crippen molar-refractivity contribution in [2.75, 3.05) is 11.9 Å². The van der Waals surface area contributed by atoms with Crippen molar-refractivity contribution in [3.8, 4) is 0 Å². The van der Waals surface area contributed by atoms with Crippen LogP contribution >= 0.6 is 23.2 Å². The Labute approximate surface area is 98.5 Å². The molecule has 15 heavy (non-hydrogen) atoms. The van der Waals surface area contributed by atoms with Crippen LogP contribution in [0, 0.1) is 5.92 Å². The second kappa shape index (κ2) is 5.35. The molecular formula is C10H12Cl2N2O. The number of nitrogens with two attached hydrogens (primary N) is 1. The molecule has 0 radical (unpaired) electrons. The molecular weight excluding hydrogens is 235 g/mol. The van der Waals surface area contributed by atoms with E-state index in [9.17, 15) is 4.79 Å². The standard InChI is InChI=1S/C10H12Cl2N2O/c1-6(5-13)10(15)14-9-3-2-7(11)4-8(9)12/h2-4,6H,5,13H2,1H3,(H,14,15). The zero-order chi connectivity index (χ0) is 11.4. The lowest BCUT2D eigenvalue weighted by molar-refractivity contribution is -0.119. The number of anilines is 1. The van der Waals surface area contributed by atoms with Crippen molar-refractivity contribution in [1.29, 1.82) is 0 Å². The molecule has 0 spiro atoms. The molecule has 1 rings (SSSR count). The van der Waals surface area contributed by atoms with Crippen LogP contribution in [0.5, 0.6) is 0 Å². The fraction of sp³-hybridized carbons (Fsp3) is 0.300. The number of rotatable bonds is 3. The van der Waals surface area contributed by atoms with Gasteiger partial charge in [-0.2, -0.15) is 0 Å². The Kier molecular flexibility index (Phi) is 4.39. The summed E-state index contributed by atoms with van der Waals surface area (Å²) in [5.74, 6) is -0.390. The van der Waals surface area contributed by atoms with E-state index in [0.29, 0.717) is 22.3 Å². The van der Waals surface area contributed by atoms with Crippen LogP contribution in [0.2, 0.25) is 10.0 Å². The van der Waals surface area contributed by atoms with E-state index in [0.717, 1.165) is 0 Å². The van der Waals surface area contributed by atoms with Crippen LogP contribution in [0.4, 0.5) is 5.69 Å². The highest BCUT2D eigenvalue weighted by molar-refractivity contribution is 6.36. The second-order valence-electron chi connectivity index (χ2n) is 3.25. The quantitative estimate of drug-likeness (QED) is 0.862. The number of carbonyl (C=O) groups is 1. The van der Waals surface area contributed by atoms with Gasteiger partial charge in [-0.25, -0.2) is 0 Å². The van der Waals surface area contributed by atoms with Gasteiger partial charge >= 0.3 is 0 Å². The minimum absolute atomic E-state index is 0.151. The summed E-state index contributed by atoms with van der Waals surface area (Å²) in [5, 5.41) is 3.63. The molecule has 1 aromatic rings. The van der Waals surface area contributed by atoms with Crippen molar-refractivity contribution in [3.63, 3.8) is 0 Å². The third kappa shape index (κ3) is 3.38. The number of benzene rings is 1. The Balaban J connectivity index is 2.77. The SMILES string of the molecule is CC(CN)C(=O)Nc1ccc(Cl)cc1Cl. The molecule has 0 saturated heterocycles. The van der Waals surface area contributed by atoms with E-state index in [2.05, 4.69) is 5.32 Å². The van der Waals surface area contributed by atoms with Crippen LogP contribution in [-0.4, -0.2) is 12.5 Å². The molecule has 1 atom stereocenters. The summed E-state index contributed by atoms with van der Waals surface area (Å²) >= 11 is 11.6. The van der Waals surface area contributed by atoms with Gasteiger partial charge in [0.15, 0.2) is 0 Å². The fourth-order valence-electron chi connectivity index (χ4n) is 0.954. The Bertz CT molecular complexity index is 368. The van der Waals surface area contributed by atoms with Gasteiger partial charge in [-0.05, 0) is 18.2 Å². The highest BCUT2D eigenvalue weighted by Gasteiger charge is 2.12. The predicted octanol–water partition coefficient (Wildman–Crippen LogP) is 2.53. The van der Waals surface area contributed by atoms with Gasteiger partial charge in [0.1, 0.15) is 0 Å². The van der Waals surface area contributed by atoms with Gasteiger partial charge in [0.25, 0.3) is 0 Å². The smallest absolute Gasteiger partial charge is 0.228 e. The first kappa shape index (κ1) is 12.3. The first-order chi connectivity index (χ1) is 7.04. The Morgan fingerprint density at radius 2 is 2.20 bits per heavy atom. The maximum absolute atomic E-state index is 11.5. The Morgan fingerprint density at radius 3 is 2.73 bits per heavy atom.